The first-order valence-electron chi connectivity index (χ1n) is 11.5. The summed E-state index contributed by atoms with van der Waals surface area (Å²) in [6.07, 6.45) is 5.04. The van der Waals surface area contributed by atoms with Gasteiger partial charge in [-0.3, -0.25) is 0 Å². The first kappa shape index (κ1) is 24.3. The summed E-state index contributed by atoms with van der Waals surface area (Å²) < 4.78 is 21.7. The summed E-state index contributed by atoms with van der Waals surface area (Å²) in [5.74, 6) is -0.923. The van der Waals surface area contributed by atoms with Gasteiger partial charge in [0.2, 0.25) is 6.29 Å². The fourth-order valence-corrected chi connectivity index (χ4v) is 4.99. The summed E-state index contributed by atoms with van der Waals surface area (Å²) in [5.41, 5.74) is 0.364. The molecule has 0 aromatic heterocycles. The molecule has 0 radical (unpaired) electrons. The quantitative estimate of drug-likeness (QED) is 0.333. The molecule has 8 nitrogen and oxygen atoms in total. The van der Waals surface area contributed by atoms with Crippen LogP contribution in [0, 0.1) is 17.8 Å². The third-order valence-corrected chi connectivity index (χ3v) is 6.74. The Morgan fingerprint density at radius 2 is 1.81 bits per heavy atom. The van der Waals surface area contributed by atoms with Gasteiger partial charge in [-0.1, -0.05) is 27.2 Å². The minimum atomic E-state index is -0.919. The van der Waals surface area contributed by atoms with Crippen LogP contribution in [-0.4, -0.2) is 62.5 Å². The van der Waals surface area contributed by atoms with Gasteiger partial charge in [0.1, 0.15) is 5.57 Å². The molecule has 8 heteroatoms. The second-order valence-corrected chi connectivity index (χ2v) is 9.27. The number of methoxy groups -OCH3 is 2. The van der Waals surface area contributed by atoms with Gasteiger partial charge in [0.15, 0.2) is 0 Å². The van der Waals surface area contributed by atoms with E-state index >= 15 is 0 Å². The van der Waals surface area contributed by atoms with Crippen LogP contribution in [0.5, 0.6) is 0 Å². The predicted molar refractivity (Wildman–Crippen MR) is 116 cm³/mol. The Balaban J connectivity index is 2.02. The highest BCUT2D eigenvalue weighted by Crippen LogP contribution is 2.40. The van der Waals surface area contributed by atoms with Crippen molar-refractivity contribution in [3.63, 3.8) is 0 Å². The van der Waals surface area contributed by atoms with Crippen molar-refractivity contribution < 1.29 is 33.3 Å². The van der Waals surface area contributed by atoms with Crippen LogP contribution >= 0.6 is 0 Å². The summed E-state index contributed by atoms with van der Waals surface area (Å²) in [6, 6.07) is 0. The maximum Gasteiger partial charge on any atom is 0.343 e. The van der Waals surface area contributed by atoms with Crippen molar-refractivity contribution in [2.45, 2.75) is 65.3 Å². The average molecular weight is 450 g/mol. The summed E-state index contributed by atoms with van der Waals surface area (Å²) in [7, 11) is 2.41. The molecule has 0 amide bonds. The van der Waals surface area contributed by atoms with Crippen LogP contribution in [0.1, 0.15) is 52.9 Å². The molecule has 0 spiro atoms. The number of rotatable bonds is 7. The molecule has 178 valence electrons. The van der Waals surface area contributed by atoms with E-state index in [1.165, 1.54) is 14.2 Å². The summed E-state index contributed by atoms with van der Waals surface area (Å²) in [4.78, 5) is 39.5. The molecule has 2 fully saturated rings. The van der Waals surface area contributed by atoms with Crippen molar-refractivity contribution in [3.05, 3.63) is 22.9 Å². The van der Waals surface area contributed by atoms with Gasteiger partial charge in [-0.05, 0) is 43.4 Å². The number of esters is 3. The van der Waals surface area contributed by atoms with Crippen molar-refractivity contribution in [1.82, 2.24) is 4.90 Å². The number of ether oxygens (including phenoxy) is 4. The fourth-order valence-electron chi connectivity index (χ4n) is 4.99. The van der Waals surface area contributed by atoms with Gasteiger partial charge >= 0.3 is 17.9 Å². The zero-order valence-corrected chi connectivity index (χ0v) is 19.7. The molecule has 0 N–H and O–H groups in total. The topological polar surface area (TPSA) is 91.4 Å². The minimum absolute atomic E-state index is 0.0269. The summed E-state index contributed by atoms with van der Waals surface area (Å²) in [5, 5.41) is 0. The molecule has 1 saturated carbocycles. The first-order chi connectivity index (χ1) is 15.3. The van der Waals surface area contributed by atoms with Crippen LogP contribution in [0.2, 0.25) is 0 Å². The van der Waals surface area contributed by atoms with Gasteiger partial charge in [0, 0.05) is 19.2 Å². The monoisotopic (exact) mass is 449 g/mol. The molecule has 32 heavy (non-hydrogen) atoms. The second kappa shape index (κ2) is 10.5. The number of hydrogen-bond donors (Lipinski definition) is 0. The standard InChI is InChI=1S/C24H35NO7/c1-14(2)16-9-8-15(3)12-18(16)31-24-21(25-10-6-7-11-25)20(23(28)32-24)17(22(27)30-5)13-19(26)29-4/h13-16,18,24H,6-12H2,1-5H3/b17-13-/t15-,16+,18-,24?/m0/s1. The molecular formula is C24H35NO7. The van der Waals surface area contributed by atoms with E-state index in [4.69, 9.17) is 14.2 Å². The van der Waals surface area contributed by atoms with E-state index in [9.17, 15) is 14.4 Å². The predicted octanol–water partition coefficient (Wildman–Crippen LogP) is 2.97. The molecular weight excluding hydrogens is 414 g/mol. The van der Waals surface area contributed by atoms with Crippen LogP contribution in [0.25, 0.3) is 0 Å². The molecule has 1 unspecified atom stereocenters. The second-order valence-electron chi connectivity index (χ2n) is 9.27. The van der Waals surface area contributed by atoms with Crippen molar-refractivity contribution in [1.29, 1.82) is 0 Å². The number of carbonyl (C=O) groups excluding carboxylic acids is 3. The molecule has 0 aromatic carbocycles. The molecule has 2 heterocycles. The SMILES string of the molecule is COC(=O)/C=C(\C(=O)OC)C1=C(N2CCCC2)C(O[C@H]2C[C@@H](C)CC[C@@H]2C(C)C)OC1=O. The highest BCUT2D eigenvalue weighted by molar-refractivity contribution is 6.11. The van der Waals surface area contributed by atoms with Crippen molar-refractivity contribution in [2.24, 2.45) is 17.8 Å². The van der Waals surface area contributed by atoms with Gasteiger partial charge < -0.3 is 23.8 Å². The third-order valence-electron chi connectivity index (χ3n) is 6.74. The zero-order valence-electron chi connectivity index (χ0n) is 19.7. The first-order valence-corrected chi connectivity index (χ1v) is 11.5. The molecule has 1 aliphatic carbocycles. The highest BCUT2D eigenvalue weighted by Gasteiger charge is 2.45. The Morgan fingerprint density at radius 3 is 2.41 bits per heavy atom. The van der Waals surface area contributed by atoms with Gasteiger partial charge in [0.05, 0.1) is 31.6 Å². The van der Waals surface area contributed by atoms with Crippen LogP contribution in [0.3, 0.4) is 0 Å². The van der Waals surface area contributed by atoms with E-state index < -0.39 is 24.2 Å². The van der Waals surface area contributed by atoms with Gasteiger partial charge in [-0.25, -0.2) is 14.4 Å². The average Bonchev–Trinajstić information content (AvgIpc) is 3.38. The Hall–Kier alpha value is -2.35. The van der Waals surface area contributed by atoms with E-state index in [-0.39, 0.29) is 17.3 Å². The largest absolute Gasteiger partial charge is 0.466 e. The lowest BCUT2D eigenvalue weighted by Crippen LogP contribution is -2.39. The molecule has 2 aliphatic heterocycles. The van der Waals surface area contributed by atoms with Crippen molar-refractivity contribution in [3.8, 4) is 0 Å². The molecule has 3 aliphatic rings. The smallest absolute Gasteiger partial charge is 0.343 e. The third kappa shape index (κ3) is 5.17. The summed E-state index contributed by atoms with van der Waals surface area (Å²) >= 11 is 0. The highest BCUT2D eigenvalue weighted by atomic mass is 16.7. The normalized spacial score (nSPS) is 28.9. The number of hydrogen-bond acceptors (Lipinski definition) is 8. The Morgan fingerprint density at radius 1 is 1.12 bits per heavy atom. The number of carbonyl (C=O) groups is 3. The Labute approximate surface area is 189 Å². The Bertz CT molecular complexity index is 794. The fraction of sp³-hybridized carbons (Fsp3) is 0.708. The number of likely N-dealkylation sites (tertiary alicyclic amines) is 1. The Kier molecular flexibility index (Phi) is 7.98. The van der Waals surface area contributed by atoms with Crippen LogP contribution < -0.4 is 0 Å². The van der Waals surface area contributed by atoms with Crippen molar-refractivity contribution in [2.75, 3.05) is 27.3 Å². The molecule has 1 saturated heterocycles. The maximum absolute atomic E-state index is 13.0. The molecule has 3 rings (SSSR count). The van der Waals surface area contributed by atoms with Gasteiger partial charge in [-0.15, -0.1) is 0 Å². The summed E-state index contributed by atoms with van der Waals surface area (Å²) in [6.45, 7) is 8.03. The van der Waals surface area contributed by atoms with E-state index in [0.29, 0.717) is 23.5 Å². The minimum Gasteiger partial charge on any atom is -0.466 e. The van der Waals surface area contributed by atoms with Gasteiger partial charge in [-0.2, -0.15) is 0 Å². The number of nitrogens with zero attached hydrogens (tertiary/aromatic N) is 1. The van der Waals surface area contributed by atoms with Crippen molar-refractivity contribution >= 4 is 17.9 Å². The lowest BCUT2D eigenvalue weighted by atomic mass is 9.75. The van der Waals surface area contributed by atoms with Gasteiger partial charge in [0.25, 0.3) is 0 Å². The number of cyclic esters (lactones) is 1. The molecule has 4 atom stereocenters. The lowest BCUT2D eigenvalue weighted by Gasteiger charge is -2.39. The zero-order chi connectivity index (χ0) is 23.4. The van der Waals surface area contributed by atoms with Crippen LogP contribution in [0.15, 0.2) is 22.9 Å². The van der Waals surface area contributed by atoms with E-state index in [0.717, 1.165) is 51.3 Å². The van der Waals surface area contributed by atoms with Crippen LogP contribution in [-0.2, 0) is 33.3 Å². The van der Waals surface area contributed by atoms with Crippen LogP contribution in [0.4, 0.5) is 0 Å². The lowest BCUT2D eigenvalue weighted by molar-refractivity contribution is -0.184. The maximum atomic E-state index is 13.0. The van der Waals surface area contributed by atoms with E-state index in [1.807, 2.05) is 4.90 Å². The molecule has 0 bridgehead atoms. The van der Waals surface area contributed by atoms with E-state index in [2.05, 4.69) is 25.5 Å². The van der Waals surface area contributed by atoms with E-state index in [1.54, 1.807) is 0 Å². The molecule has 0 aromatic rings.